The zero-order valence-corrected chi connectivity index (χ0v) is 14.0. The largest absolute Gasteiger partial charge is 0.481 e. The summed E-state index contributed by atoms with van der Waals surface area (Å²) >= 11 is 0. The van der Waals surface area contributed by atoms with Crippen molar-refractivity contribution in [1.29, 1.82) is 5.26 Å². The van der Waals surface area contributed by atoms with E-state index in [1.54, 1.807) is 10.9 Å². The van der Waals surface area contributed by atoms with Crippen LogP contribution in [0.1, 0.15) is 12.5 Å². The zero-order chi connectivity index (χ0) is 18.5. The maximum atomic E-state index is 13.6. The normalized spacial score (nSPS) is 19.4. The number of halogens is 1. The fourth-order valence-electron chi connectivity index (χ4n) is 2.74. The molecule has 2 aromatic rings. The molecule has 0 saturated carbocycles. The molecule has 0 unspecified atom stereocenters. The Bertz CT molecular complexity index is 834. The molecule has 0 bridgehead atoms. The van der Waals surface area contributed by atoms with Crippen LogP contribution < -0.4 is 15.4 Å². The van der Waals surface area contributed by atoms with Gasteiger partial charge in [0.15, 0.2) is 5.82 Å². The third kappa shape index (κ3) is 3.73. The van der Waals surface area contributed by atoms with Gasteiger partial charge in [-0.05, 0) is 6.42 Å². The Labute approximate surface area is 148 Å². The van der Waals surface area contributed by atoms with Crippen molar-refractivity contribution in [3.05, 3.63) is 24.3 Å². The Kier molecular flexibility index (Phi) is 5.28. The van der Waals surface area contributed by atoms with Crippen LogP contribution >= 0.6 is 0 Å². The minimum atomic E-state index is -0.721. The van der Waals surface area contributed by atoms with Gasteiger partial charge in [0, 0.05) is 24.4 Å². The van der Waals surface area contributed by atoms with Crippen molar-refractivity contribution in [3.63, 3.8) is 0 Å². The van der Waals surface area contributed by atoms with Gasteiger partial charge < -0.3 is 20.1 Å². The van der Waals surface area contributed by atoms with Gasteiger partial charge in [0.1, 0.15) is 5.69 Å². The van der Waals surface area contributed by atoms with Crippen LogP contribution in [0.5, 0.6) is 5.88 Å². The second kappa shape index (κ2) is 7.79. The number of methoxy groups -OCH3 is 1. The van der Waals surface area contributed by atoms with Gasteiger partial charge >= 0.3 is 0 Å². The summed E-state index contributed by atoms with van der Waals surface area (Å²) in [6.07, 6.45) is 2.72. The molecule has 2 atom stereocenters. The predicted molar refractivity (Wildman–Crippen MR) is 89.5 cm³/mol. The summed E-state index contributed by atoms with van der Waals surface area (Å²) in [6.45, 7) is 0.869. The standard InChI is InChI=1S/C16H17FN6O3/c1-25-15-5-11(4-14(17)21-15)20-16-12(19-9-24)7-23(22-16)13-8-26-3-2-10(13)6-18/h4-5,7,9-10,13H,2-3,8H2,1H3,(H,19,24)(H,20,21,22)/t10-,13+/m1/s1. The minimum Gasteiger partial charge on any atom is -0.481 e. The van der Waals surface area contributed by atoms with E-state index in [4.69, 9.17) is 9.47 Å². The molecule has 1 aliphatic heterocycles. The maximum absolute atomic E-state index is 13.6. The Hall–Kier alpha value is -3.19. The lowest BCUT2D eigenvalue weighted by Crippen LogP contribution is -2.29. The average Bonchev–Trinajstić information content (AvgIpc) is 3.03. The van der Waals surface area contributed by atoms with Crippen molar-refractivity contribution in [2.45, 2.75) is 12.5 Å². The second-order valence-electron chi connectivity index (χ2n) is 5.65. The number of anilines is 3. The van der Waals surface area contributed by atoms with Gasteiger partial charge in [-0.25, -0.2) is 0 Å². The van der Waals surface area contributed by atoms with Gasteiger partial charge in [0.2, 0.25) is 18.2 Å². The van der Waals surface area contributed by atoms with E-state index >= 15 is 0 Å². The minimum absolute atomic E-state index is 0.0991. The number of nitriles is 1. The molecule has 1 fully saturated rings. The van der Waals surface area contributed by atoms with E-state index in [9.17, 15) is 14.4 Å². The van der Waals surface area contributed by atoms with Gasteiger partial charge in [0.25, 0.3) is 0 Å². The van der Waals surface area contributed by atoms with Crippen molar-refractivity contribution in [2.75, 3.05) is 31.0 Å². The fourth-order valence-corrected chi connectivity index (χ4v) is 2.74. The monoisotopic (exact) mass is 360 g/mol. The van der Waals surface area contributed by atoms with E-state index in [0.717, 1.165) is 0 Å². The molecule has 136 valence electrons. The molecule has 26 heavy (non-hydrogen) atoms. The van der Waals surface area contributed by atoms with E-state index < -0.39 is 5.95 Å². The molecule has 0 spiro atoms. The molecule has 0 aromatic carbocycles. The summed E-state index contributed by atoms with van der Waals surface area (Å²) in [5.41, 5.74) is 0.740. The quantitative estimate of drug-likeness (QED) is 0.597. The number of rotatable bonds is 6. The molecule has 2 N–H and O–H groups in total. The topological polar surface area (TPSA) is 114 Å². The Balaban J connectivity index is 1.91. The van der Waals surface area contributed by atoms with Crippen LogP contribution in [0.25, 0.3) is 0 Å². The van der Waals surface area contributed by atoms with Crippen LogP contribution in [0.2, 0.25) is 0 Å². The number of pyridine rings is 1. The first-order chi connectivity index (χ1) is 12.6. The third-order valence-electron chi connectivity index (χ3n) is 4.02. The lowest BCUT2D eigenvalue weighted by molar-refractivity contribution is -0.105. The van der Waals surface area contributed by atoms with E-state index in [0.29, 0.717) is 43.2 Å². The Morgan fingerprint density at radius 2 is 2.38 bits per heavy atom. The summed E-state index contributed by atoms with van der Waals surface area (Å²) in [6, 6.07) is 4.65. The number of hydrogen-bond donors (Lipinski definition) is 2. The number of carbonyl (C=O) groups excluding carboxylic acids is 1. The highest BCUT2D eigenvalue weighted by atomic mass is 19.1. The predicted octanol–water partition coefficient (Wildman–Crippen LogP) is 1.84. The van der Waals surface area contributed by atoms with Gasteiger partial charge in [-0.1, -0.05) is 0 Å². The summed E-state index contributed by atoms with van der Waals surface area (Å²) < 4.78 is 25.5. The van der Waals surface area contributed by atoms with Gasteiger partial charge in [0.05, 0.1) is 37.9 Å². The molecule has 3 rings (SSSR count). The van der Waals surface area contributed by atoms with Crippen LogP contribution in [0, 0.1) is 23.2 Å². The molecule has 9 nitrogen and oxygen atoms in total. The maximum Gasteiger partial charge on any atom is 0.218 e. The van der Waals surface area contributed by atoms with Crippen LogP contribution in [0.4, 0.5) is 21.6 Å². The number of aromatic nitrogens is 3. The molecular weight excluding hydrogens is 343 g/mol. The highest BCUT2D eigenvalue weighted by Crippen LogP contribution is 2.31. The highest BCUT2D eigenvalue weighted by Gasteiger charge is 2.29. The van der Waals surface area contributed by atoms with Crippen molar-refractivity contribution >= 4 is 23.6 Å². The molecule has 2 aromatic heterocycles. The number of hydrogen-bond acceptors (Lipinski definition) is 7. The summed E-state index contributed by atoms with van der Waals surface area (Å²) in [7, 11) is 1.38. The number of carbonyl (C=O) groups is 1. The fraction of sp³-hybridized carbons (Fsp3) is 0.375. The summed E-state index contributed by atoms with van der Waals surface area (Å²) in [4.78, 5) is 14.5. The van der Waals surface area contributed by atoms with Crippen LogP contribution in [0.3, 0.4) is 0 Å². The van der Waals surface area contributed by atoms with E-state index in [2.05, 4.69) is 26.8 Å². The molecular formula is C16H17FN6O3. The van der Waals surface area contributed by atoms with Crippen molar-refractivity contribution in [2.24, 2.45) is 5.92 Å². The molecule has 0 aliphatic carbocycles. The van der Waals surface area contributed by atoms with Crippen molar-refractivity contribution < 1.29 is 18.7 Å². The smallest absolute Gasteiger partial charge is 0.218 e. The van der Waals surface area contributed by atoms with Crippen molar-refractivity contribution in [1.82, 2.24) is 14.8 Å². The lowest BCUT2D eigenvalue weighted by atomic mass is 9.97. The molecule has 1 saturated heterocycles. The number of nitrogens with one attached hydrogen (secondary N) is 2. The molecule has 1 amide bonds. The van der Waals surface area contributed by atoms with Gasteiger partial charge in [-0.15, -0.1) is 0 Å². The Morgan fingerprint density at radius 1 is 1.54 bits per heavy atom. The third-order valence-corrected chi connectivity index (χ3v) is 4.02. The molecule has 0 radical (unpaired) electrons. The first-order valence-electron chi connectivity index (χ1n) is 7.90. The van der Waals surface area contributed by atoms with Gasteiger partial charge in [-0.3, -0.25) is 9.48 Å². The highest BCUT2D eigenvalue weighted by molar-refractivity contribution is 5.80. The molecule has 1 aliphatic rings. The van der Waals surface area contributed by atoms with E-state index in [-0.39, 0.29) is 17.8 Å². The zero-order valence-electron chi connectivity index (χ0n) is 14.0. The van der Waals surface area contributed by atoms with Crippen LogP contribution in [-0.4, -0.2) is 41.5 Å². The number of nitrogens with zero attached hydrogens (tertiary/aromatic N) is 4. The first-order valence-corrected chi connectivity index (χ1v) is 7.90. The van der Waals surface area contributed by atoms with E-state index in [1.165, 1.54) is 19.2 Å². The average molecular weight is 360 g/mol. The van der Waals surface area contributed by atoms with Crippen LogP contribution in [-0.2, 0) is 9.53 Å². The number of amides is 1. The van der Waals surface area contributed by atoms with E-state index in [1.807, 2.05) is 0 Å². The van der Waals surface area contributed by atoms with Crippen molar-refractivity contribution in [3.8, 4) is 11.9 Å². The summed E-state index contributed by atoms with van der Waals surface area (Å²) in [5, 5.41) is 19.2. The second-order valence-corrected chi connectivity index (χ2v) is 5.65. The lowest BCUT2D eigenvalue weighted by Gasteiger charge is -2.26. The van der Waals surface area contributed by atoms with Crippen LogP contribution in [0.15, 0.2) is 18.3 Å². The summed E-state index contributed by atoms with van der Waals surface area (Å²) in [5.74, 6) is -0.575. The first kappa shape index (κ1) is 17.6. The molecule has 3 heterocycles. The SMILES string of the molecule is COc1cc(Nc2nn([C@H]3COCC[C@@H]3C#N)cc2NC=O)cc(F)n1. The van der Waals surface area contributed by atoms with Gasteiger partial charge in [-0.2, -0.15) is 19.7 Å². The molecule has 10 heteroatoms. The number of ether oxygens (including phenoxy) is 2. The Morgan fingerprint density at radius 3 is 3.12 bits per heavy atom.